The lowest BCUT2D eigenvalue weighted by molar-refractivity contribution is -0.384. The van der Waals surface area contributed by atoms with Crippen LogP contribution in [0.3, 0.4) is 0 Å². The number of amides is 1. The second-order valence-corrected chi connectivity index (χ2v) is 24.7. The molecule has 78 heavy (non-hydrogen) atoms. The molecule has 0 unspecified atom stereocenters. The van der Waals surface area contributed by atoms with Crippen LogP contribution in [0.4, 0.5) is 21.5 Å². The van der Waals surface area contributed by atoms with E-state index in [0.717, 1.165) is 101 Å². The van der Waals surface area contributed by atoms with Gasteiger partial charge in [-0.05, 0) is 136 Å². The number of hydrogen-bond acceptors (Lipinski definition) is 14. The summed E-state index contributed by atoms with van der Waals surface area (Å²) >= 11 is 0. The number of nitro groups is 1. The molecule has 4 heterocycles. The van der Waals surface area contributed by atoms with Gasteiger partial charge in [0.05, 0.1) is 45.8 Å². The van der Waals surface area contributed by atoms with Crippen molar-refractivity contribution in [2.24, 2.45) is 11.3 Å². The lowest BCUT2D eigenvalue weighted by atomic mass is 9.59. The molecule has 0 bridgehead atoms. The van der Waals surface area contributed by atoms with Crippen LogP contribution >= 0.6 is 0 Å². The number of rotatable bonds is 18. The first kappa shape index (κ1) is 53.2. The van der Waals surface area contributed by atoms with Crippen LogP contribution in [0.25, 0.3) is 11.0 Å². The smallest absolute Gasteiger partial charge is 0.293 e. The van der Waals surface area contributed by atoms with Crippen molar-refractivity contribution in [2.75, 3.05) is 56.6 Å². The Bertz CT molecular complexity index is 3320. The summed E-state index contributed by atoms with van der Waals surface area (Å²) in [6.45, 7) is 11.8. The summed E-state index contributed by atoms with van der Waals surface area (Å²) < 4.78 is 62.9. The molecule has 11 rings (SSSR count). The molecular formula is C59H69FN8O9S. The number of aliphatic hydroxyl groups is 1. The third kappa shape index (κ3) is 11.1. The van der Waals surface area contributed by atoms with Gasteiger partial charge in [0.15, 0.2) is 11.5 Å². The number of carbonyl (C=O) groups excluding carboxylic acids is 1. The second-order valence-electron chi connectivity index (χ2n) is 23.0. The van der Waals surface area contributed by atoms with Crippen LogP contribution in [0.2, 0.25) is 0 Å². The number of H-pyrrole nitrogens is 1. The summed E-state index contributed by atoms with van der Waals surface area (Å²) in [5.74, 6) is 0.691. The van der Waals surface area contributed by atoms with Gasteiger partial charge in [0, 0.05) is 87.3 Å². The monoisotopic (exact) mass is 1080 g/mol. The maximum atomic E-state index is 14.8. The molecular weight excluding hydrogens is 1020 g/mol. The Morgan fingerprint density at radius 1 is 0.974 bits per heavy atom. The number of ether oxygens (including phenoxy) is 3. The van der Waals surface area contributed by atoms with Crippen LogP contribution in [-0.2, 0) is 16.6 Å². The SMILES string of the molecule is COc1cc(CN2CCN(C3CC4(C3)CN(c3ccc(C(=O)NS(=O)(=O)c5ccc(NCC6CCC(C)(O)CC6)c([N+](=O)[O-])c5)c(Oc5cnc6[nH]cc(F)c6c5)c3)C4)[C@H](c3ccccc3C(C)C)C2)ccc1OC1CCC1. The summed E-state index contributed by atoms with van der Waals surface area (Å²) in [6, 6.07) is 25.7. The van der Waals surface area contributed by atoms with Crippen molar-refractivity contribution in [3.8, 4) is 23.0 Å². The van der Waals surface area contributed by atoms with Crippen molar-refractivity contribution >= 4 is 44.0 Å². The Kier molecular flexibility index (Phi) is 14.6. The molecule has 4 N–H and O–H groups in total. The van der Waals surface area contributed by atoms with Gasteiger partial charge in [-0.1, -0.05) is 44.2 Å². The van der Waals surface area contributed by atoms with Crippen LogP contribution in [0.15, 0.2) is 102 Å². The minimum atomic E-state index is -4.65. The van der Waals surface area contributed by atoms with E-state index in [0.29, 0.717) is 37.0 Å². The van der Waals surface area contributed by atoms with E-state index in [-0.39, 0.29) is 51.6 Å². The number of benzene rings is 4. The minimum absolute atomic E-state index is 0.0143. The Balaban J connectivity index is 0.786. The molecule has 2 aliphatic heterocycles. The molecule has 17 nitrogen and oxygen atoms in total. The normalized spacial score (nSPS) is 21.9. The standard InChI is InChI=1S/C59H69FN8O9S/c1-37(2)45-10-5-6-11-46(45)52-34-65(33-39-12-17-53(55(24-39)75-4)76-42-8-7-9-42)22-23-67(52)41-28-59(29-41)35-66(36-59)40-13-15-47(54(25-40)77-43-26-48-49(60)32-63-56(48)62-31-43)57(69)64-78(73,74)44-14-16-50(51(27-44)68(71)72)61-30-38-18-20-58(3,70)21-19-38/h5-6,10-17,24-27,31-32,37-38,41-42,52,61,70H,7-9,18-23,28-30,33-36H2,1-4H3,(H,62,63)(H,64,69)/t38?,52-,58?/m0/s1. The number of halogens is 1. The average Bonchev–Trinajstić information content (AvgIpc) is 3.63. The number of piperazine rings is 1. The Morgan fingerprint density at radius 3 is 2.49 bits per heavy atom. The third-order valence-corrected chi connectivity index (χ3v) is 18.4. The number of aromatic amines is 1. The first-order valence-electron chi connectivity index (χ1n) is 27.3. The van der Waals surface area contributed by atoms with Gasteiger partial charge in [0.2, 0.25) is 0 Å². The van der Waals surface area contributed by atoms with Crippen molar-refractivity contribution in [1.29, 1.82) is 0 Å². The van der Waals surface area contributed by atoms with Crippen molar-refractivity contribution in [3.63, 3.8) is 0 Å². The fourth-order valence-electron chi connectivity index (χ4n) is 12.4. The molecule has 5 aliphatic rings. The maximum Gasteiger partial charge on any atom is 0.293 e. The molecule has 5 fully saturated rings. The highest BCUT2D eigenvalue weighted by molar-refractivity contribution is 7.90. The number of pyridine rings is 1. The molecule has 3 aliphatic carbocycles. The Hall–Kier alpha value is -6.80. The number of anilines is 2. The number of sulfonamides is 1. The fraction of sp³-hybridized carbons (Fsp3) is 0.458. The van der Waals surface area contributed by atoms with Crippen molar-refractivity contribution < 1.29 is 41.8 Å². The molecule has 1 amide bonds. The molecule has 2 aromatic heterocycles. The van der Waals surface area contributed by atoms with E-state index >= 15 is 0 Å². The van der Waals surface area contributed by atoms with Crippen LogP contribution in [0, 0.1) is 27.3 Å². The molecule has 1 atom stereocenters. The van der Waals surface area contributed by atoms with Crippen LogP contribution in [-0.4, -0.2) is 108 Å². The topological polar surface area (TPSA) is 205 Å². The molecule has 6 aromatic rings. The Labute approximate surface area is 454 Å². The third-order valence-electron chi connectivity index (χ3n) is 17.0. The van der Waals surface area contributed by atoms with Gasteiger partial charge >= 0.3 is 0 Å². The van der Waals surface area contributed by atoms with Gasteiger partial charge < -0.3 is 34.5 Å². The molecule has 1 spiro atoms. The number of fused-ring (bicyclic) bond motifs is 1. The lowest BCUT2D eigenvalue weighted by Gasteiger charge is -2.63. The molecule has 2 saturated heterocycles. The summed E-state index contributed by atoms with van der Waals surface area (Å²) in [7, 11) is -2.94. The number of hydrogen-bond donors (Lipinski definition) is 4. The first-order chi connectivity index (χ1) is 37.4. The van der Waals surface area contributed by atoms with Crippen molar-refractivity contribution in [3.05, 3.63) is 136 Å². The zero-order valence-corrected chi connectivity index (χ0v) is 45.5. The van der Waals surface area contributed by atoms with Gasteiger partial charge in [-0.25, -0.2) is 22.5 Å². The van der Waals surface area contributed by atoms with E-state index < -0.39 is 42.9 Å². The minimum Gasteiger partial charge on any atom is -0.493 e. The molecule has 3 saturated carbocycles. The molecule has 412 valence electrons. The number of nitrogens with one attached hydrogen (secondary N) is 3. The number of nitrogens with zero attached hydrogens (tertiary/aromatic N) is 5. The zero-order valence-electron chi connectivity index (χ0n) is 44.7. The molecule has 19 heteroatoms. The largest absolute Gasteiger partial charge is 0.493 e. The highest BCUT2D eigenvalue weighted by Gasteiger charge is 2.55. The van der Waals surface area contributed by atoms with Gasteiger partial charge in [-0.2, -0.15) is 0 Å². The van der Waals surface area contributed by atoms with E-state index in [2.05, 4.69) is 91.0 Å². The van der Waals surface area contributed by atoms with Crippen LogP contribution < -0.4 is 29.1 Å². The molecule has 4 aromatic carbocycles. The van der Waals surface area contributed by atoms with Crippen LogP contribution in [0.1, 0.15) is 118 Å². The van der Waals surface area contributed by atoms with Gasteiger partial charge in [-0.15, -0.1) is 0 Å². The quantitative estimate of drug-likeness (QED) is 0.0467. The summed E-state index contributed by atoms with van der Waals surface area (Å²) in [6.07, 6.45) is 11.0. The van der Waals surface area contributed by atoms with Gasteiger partial charge in [0.1, 0.15) is 28.7 Å². The van der Waals surface area contributed by atoms with E-state index in [1.165, 1.54) is 59.8 Å². The fourth-order valence-corrected chi connectivity index (χ4v) is 13.3. The summed E-state index contributed by atoms with van der Waals surface area (Å²) in [5, 5.41) is 25.9. The van der Waals surface area contributed by atoms with Crippen molar-refractivity contribution in [2.45, 2.75) is 120 Å². The van der Waals surface area contributed by atoms with Crippen LogP contribution in [0.5, 0.6) is 23.0 Å². The zero-order chi connectivity index (χ0) is 54.5. The average molecular weight is 1090 g/mol. The first-order valence-corrected chi connectivity index (χ1v) is 28.8. The summed E-state index contributed by atoms with van der Waals surface area (Å²) in [4.78, 5) is 39.8. The number of carbonyl (C=O) groups is 1. The summed E-state index contributed by atoms with van der Waals surface area (Å²) in [5.41, 5.74) is 3.90. The van der Waals surface area contributed by atoms with Crippen molar-refractivity contribution in [1.82, 2.24) is 24.5 Å². The van der Waals surface area contributed by atoms with E-state index in [1.807, 2.05) is 0 Å². The second kappa shape index (κ2) is 21.4. The lowest BCUT2D eigenvalue weighted by Crippen LogP contribution is -2.68. The van der Waals surface area contributed by atoms with E-state index in [4.69, 9.17) is 14.2 Å². The highest BCUT2D eigenvalue weighted by atomic mass is 32.2. The van der Waals surface area contributed by atoms with Gasteiger partial charge in [0.25, 0.3) is 21.6 Å². The predicted molar refractivity (Wildman–Crippen MR) is 296 cm³/mol. The number of aromatic nitrogens is 2. The number of nitro benzene ring substituents is 1. The molecule has 0 radical (unpaired) electrons. The highest BCUT2D eigenvalue weighted by Crippen LogP contribution is 2.54. The van der Waals surface area contributed by atoms with Gasteiger partial charge in [-0.3, -0.25) is 24.7 Å². The number of methoxy groups -OCH3 is 1. The van der Waals surface area contributed by atoms with E-state index in [9.17, 15) is 32.8 Å². The predicted octanol–water partition coefficient (Wildman–Crippen LogP) is 10.5. The Morgan fingerprint density at radius 2 is 1.76 bits per heavy atom. The maximum absolute atomic E-state index is 14.8. The van der Waals surface area contributed by atoms with E-state index in [1.54, 1.807) is 26.2 Å².